The Morgan fingerprint density at radius 2 is 2.38 bits per heavy atom. The number of ether oxygens (including phenoxy) is 1. The van der Waals surface area contributed by atoms with E-state index in [1.54, 1.807) is 0 Å². The van der Waals surface area contributed by atoms with E-state index < -0.39 is 0 Å². The van der Waals surface area contributed by atoms with Gasteiger partial charge in [0.15, 0.2) is 0 Å². The van der Waals surface area contributed by atoms with E-state index in [0.29, 0.717) is 17.9 Å². The fourth-order valence-corrected chi connectivity index (χ4v) is 2.96. The Morgan fingerprint density at radius 3 is 2.92 bits per heavy atom. The molecular formula is C10H15NO2. The van der Waals surface area contributed by atoms with E-state index in [1.807, 2.05) is 0 Å². The smallest absolute Gasteiger partial charge is 0.149 e. The Bertz CT molecular complexity index is 241. The number of carbonyl (C=O) groups is 1. The first-order chi connectivity index (χ1) is 6.34. The summed E-state index contributed by atoms with van der Waals surface area (Å²) in [4.78, 5) is 13.9. The predicted molar refractivity (Wildman–Crippen MR) is 47.5 cm³/mol. The van der Waals surface area contributed by atoms with E-state index in [9.17, 15) is 4.79 Å². The van der Waals surface area contributed by atoms with Gasteiger partial charge in [-0.25, -0.2) is 0 Å². The molecule has 1 aliphatic carbocycles. The van der Waals surface area contributed by atoms with Gasteiger partial charge in [0.25, 0.3) is 0 Å². The van der Waals surface area contributed by atoms with E-state index in [1.165, 1.54) is 0 Å². The minimum absolute atomic E-state index is 0.249. The van der Waals surface area contributed by atoms with E-state index in [0.717, 1.165) is 38.8 Å². The highest BCUT2D eigenvalue weighted by atomic mass is 16.5. The third-order valence-corrected chi connectivity index (χ3v) is 3.62. The van der Waals surface area contributed by atoms with Crippen molar-refractivity contribution < 1.29 is 9.53 Å². The van der Waals surface area contributed by atoms with Crippen molar-refractivity contribution in [3.8, 4) is 0 Å². The van der Waals surface area contributed by atoms with Gasteiger partial charge in [0.1, 0.15) is 5.78 Å². The van der Waals surface area contributed by atoms with Gasteiger partial charge in [-0.3, -0.25) is 9.69 Å². The zero-order valence-electron chi connectivity index (χ0n) is 7.74. The van der Waals surface area contributed by atoms with Crippen molar-refractivity contribution in [2.24, 2.45) is 0 Å². The lowest BCUT2D eigenvalue weighted by Crippen LogP contribution is -2.46. The Hall–Kier alpha value is -0.410. The van der Waals surface area contributed by atoms with Crippen LogP contribution in [0.5, 0.6) is 0 Å². The van der Waals surface area contributed by atoms with Crippen molar-refractivity contribution in [1.29, 1.82) is 0 Å². The number of likely N-dealkylation sites (tertiary alicyclic amines) is 1. The van der Waals surface area contributed by atoms with Crippen LogP contribution in [-0.2, 0) is 9.53 Å². The van der Waals surface area contributed by atoms with Crippen LogP contribution in [0.2, 0.25) is 0 Å². The average molecular weight is 181 g/mol. The summed E-state index contributed by atoms with van der Waals surface area (Å²) in [5, 5.41) is 0. The summed E-state index contributed by atoms with van der Waals surface area (Å²) in [5.41, 5.74) is 0. The number of hydrogen-bond acceptors (Lipinski definition) is 3. The maximum atomic E-state index is 11.6. The third kappa shape index (κ3) is 1.14. The van der Waals surface area contributed by atoms with Crippen LogP contribution >= 0.6 is 0 Å². The highest BCUT2D eigenvalue weighted by Gasteiger charge is 2.44. The van der Waals surface area contributed by atoms with Crippen molar-refractivity contribution >= 4 is 5.78 Å². The van der Waals surface area contributed by atoms with Gasteiger partial charge in [0, 0.05) is 19.0 Å². The third-order valence-electron chi connectivity index (χ3n) is 3.62. The number of nitrogens with zero attached hydrogens (tertiary/aromatic N) is 1. The molecule has 13 heavy (non-hydrogen) atoms. The molecule has 2 saturated heterocycles. The second kappa shape index (κ2) is 2.79. The number of Topliss-reactive ketones (excluding diaryl/α,β-unsaturated/α-hetero) is 1. The zero-order chi connectivity index (χ0) is 8.84. The Labute approximate surface area is 78.0 Å². The molecule has 3 nitrogen and oxygen atoms in total. The summed E-state index contributed by atoms with van der Waals surface area (Å²) < 4.78 is 5.52. The second-order valence-electron chi connectivity index (χ2n) is 4.42. The molecule has 3 fully saturated rings. The molecule has 2 aliphatic heterocycles. The summed E-state index contributed by atoms with van der Waals surface area (Å²) in [6.45, 7) is 1.86. The van der Waals surface area contributed by atoms with Crippen LogP contribution in [0.4, 0.5) is 0 Å². The molecule has 1 saturated carbocycles. The molecular weight excluding hydrogens is 166 g/mol. The molecule has 0 amide bonds. The van der Waals surface area contributed by atoms with Gasteiger partial charge >= 0.3 is 0 Å². The average Bonchev–Trinajstić information content (AvgIpc) is 2.77. The van der Waals surface area contributed by atoms with E-state index in [-0.39, 0.29) is 6.04 Å². The lowest BCUT2D eigenvalue weighted by Gasteiger charge is -2.31. The molecule has 0 aromatic rings. The van der Waals surface area contributed by atoms with Gasteiger partial charge < -0.3 is 4.74 Å². The second-order valence-corrected chi connectivity index (χ2v) is 4.42. The van der Waals surface area contributed by atoms with Crippen molar-refractivity contribution in [2.45, 2.75) is 43.9 Å². The largest absolute Gasteiger partial charge is 0.375 e. The SMILES string of the molecule is O=C1CCCC1N1CC2CC1CO2. The molecule has 3 rings (SSSR count). The quantitative estimate of drug-likeness (QED) is 0.592. The molecule has 0 N–H and O–H groups in total. The van der Waals surface area contributed by atoms with Crippen molar-refractivity contribution in [3.05, 3.63) is 0 Å². The van der Waals surface area contributed by atoms with Gasteiger partial charge in [0.2, 0.25) is 0 Å². The van der Waals surface area contributed by atoms with Gasteiger partial charge in [-0.05, 0) is 19.3 Å². The van der Waals surface area contributed by atoms with Crippen LogP contribution in [0.1, 0.15) is 25.7 Å². The summed E-state index contributed by atoms with van der Waals surface area (Å²) in [6, 6.07) is 0.802. The molecule has 2 heterocycles. The maximum absolute atomic E-state index is 11.6. The molecule has 72 valence electrons. The fraction of sp³-hybridized carbons (Fsp3) is 0.900. The zero-order valence-corrected chi connectivity index (χ0v) is 7.74. The van der Waals surface area contributed by atoms with Gasteiger partial charge in [-0.2, -0.15) is 0 Å². The summed E-state index contributed by atoms with van der Waals surface area (Å²) >= 11 is 0. The summed E-state index contributed by atoms with van der Waals surface area (Å²) in [6.07, 6.45) is 4.57. The van der Waals surface area contributed by atoms with E-state index in [2.05, 4.69) is 4.90 Å². The van der Waals surface area contributed by atoms with Crippen molar-refractivity contribution in [1.82, 2.24) is 4.90 Å². The molecule has 3 unspecified atom stereocenters. The molecule has 0 aromatic heterocycles. The predicted octanol–water partition coefficient (Wildman–Crippen LogP) is 0.581. The van der Waals surface area contributed by atoms with Gasteiger partial charge in [-0.15, -0.1) is 0 Å². The Kier molecular flexibility index (Phi) is 1.70. The number of rotatable bonds is 1. The first kappa shape index (κ1) is 7.94. The highest BCUT2D eigenvalue weighted by molar-refractivity contribution is 5.86. The lowest BCUT2D eigenvalue weighted by atomic mass is 10.1. The molecule has 0 aromatic carbocycles. The number of carbonyl (C=O) groups excluding carboxylic acids is 1. The van der Waals surface area contributed by atoms with Crippen LogP contribution in [-0.4, -0.2) is 42.0 Å². The molecule has 3 heteroatoms. The fourth-order valence-electron chi connectivity index (χ4n) is 2.96. The maximum Gasteiger partial charge on any atom is 0.149 e. The molecule has 3 atom stereocenters. The highest BCUT2D eigenvalue weighted by Crippen LogP contribution is 2.33. The lowest BCUT2D eigenvalue weighted by molar-refractivity contribution is -0.123. The topological polar surface area (TPSA) is 29.5 Å². The minimum atomic E-state index is 0.249. The van der Waals surface area contributed by atoms with Gasteiger partial charge in [-0.1, -0.05) is 0 Å². The van der Waals surface area contributed by atoms with E-state index in [4.69, 9.17) is 4.74 Å². The van der Waals surface area contributed by atoms with Crippen molar-refractivity contribution in [2.75, 3.05) is 13.2 Å². The number of ketones is 1. The minimum Gasteiger partial charge on any atom is -0.375 e. The summed E-state index contributed by atoms with van der Waals surface area (Å²) in [5.74, 6) is 0.465. The van der Waals surface area contributed by atoms with Crippen LogP contribution < -0.4 is 0 Å². The van der Waals surface area contributed by atoms with Crippen LogP contribution in [0.25, 0.3) is 0 Å². The first-order valence-electron chi connectivity index (χ1n) is 5.24. The van der Waals surface area contributed by atoms with Crippen LogP contribution in [0, 0.1) is 0 Å². The van der Waals surface area contributed by atoms with Crippen molar-refractivity contribution in [3.63, 3.8) is 0 Å². The van der Waals surface area contributed by atoms with Crippen LogP contribution in [0.15, 0.2) is 0 Å². The van der Waals surface area contributed by atoms with Crippen LogP contribution in [0.3, 0.4) is 0 Å². The molecule has 0 radical (unpaired) electrons. The first-order valence-corrected chi connectivity index (χ1v) is 5.24. The Balaban J connectivity index is 1.75. The number of fused-ring (bicyclic) bond motifs is 2. The van der Waals surface area contributed by atoms with Gasteiger partial charge in [0.05, 0.1) is 18.8 Å². The number of morpholine rings is 1. The Morgan fingerprint density at radius 1 is 1.46 bits per heavy atom. The van der Waals surface area contributed by atoms with E-state index >= 15 is 0 Å². The normalized spacial score (nSPS) is 44.9. The molecule has 2 bridgehead atoms. The molecule has 3 aliphatic rings. The summed E-state index contributed by atoms with van der Waals surface area (Å²) in [7, 11) is 0. The monoisotopic (exact) mass is 181 g/mol. The number of hydrogen-bond donors (Lipinski definition) is 0. The molecule has 0 spiro atoms. The standard InChI is InChI=1S/C10H15NO2/c12-10-3-1-2-9(10)11-5-8-4-7(11)6-13-8/h7-9H,1-6H2.